The number of hydrogen-bond acceptors (Lipinski definition) is 2. The third-order valence-corrected chi connectivity index (χ3v) is 5.04. The van der Waals surface area contributed by atoms with Crippen molar-refractivity contribution in [3.8, 4) is 0 Å². The summed E-state index contributed by atoms with van der Waals surface area (Å²) in [5, 5.41) is 2.80. The molecule has 1 saturated heterocycles. The molecule has 1 heterocycles. The van der Waals surface area contributed by atoms with Crippen LogP contribution < -0.4 is 10.2 Å². The van der Waals surface area contributed by atoms with Crippen LogP contribution in [0.5, 0.6) is 0 Å². The number of amides is 2. The van der Waals surface area contributed by atoms with Crippen molar-refractivity contribution >= 4 is 33.3 Å². The highest BCUT2D eigenvalue weighted by molar-refractivity contribution is 9.10. The van der Waals surface area contributed by atoms with Gasteiger partial charge in [0.1, 0.15) is 5.82 Å². The molecule has 126 valence electrons. The molecule has 24 heavy (non-hydrogen) atoms. The Balaban J connectivity index is 1.57. The van der Waals surface area contributed by atoms with Gasteiger partial charge in [0.05, 0.1) is 0 Å². The number of benzene rings is 2. The summed E-state index contributed by atoms with van der Waals surface area (Å²) in [5.41, 5.74) is 2.97. The Morgan fingerprint density at radius 3 is 2.38 bits per heavy atom. The Bertz CT molecular complexity index is 728. The van der Waals surface area contributed by atoms with E-state index in [-0.39, 0.29) is 11.8 Å². The number of anilines is 2. The molecule has 1 aliphatic heterocycles. The molecule has 2 amide bonds. The van der Waals surface area contributed by atoms with Gasteiger partial charge in [-0.2, -0.15) is 0 Å². The number of hydrogen-bond donors (Lipinski definition) is 1. The van der Waals surface area contributed by atoms with Crippen LogP contribution in [0.1, 0.15) is 5.56 Å². The molecule has 2 aromatic carbocycles. The fourth-order valence-electron chi connectivity index (χ4n) is 2.68. The first-order valence-corrected chi connectivity index (χ1v) is 8.65. The van der Waals surface area contributed by atoms with Gasteiger partial charge in [0, 0.05) is 42.0 Å². The van der Waals surface area contributed by atoms with Gasteiger partial charge in [-0.1, -0.05) is 22.0 Å². The molecule has 3 rings (SSSR count). The summed E-state index contributed by atoms with van der Waals surface area (Å²) in [6.07, 6.45) is 0. The third-order valence-electron chi connectivity index (χ3n) is 4.18. The van der Waals surface area contributed by atoms with Crippen molar-refractivity contribution in [1.29, 1.82) is 0 Å². The molecule has 0 aromatic heterocycles. The highest BCUT2D eigenvalue weighted by Gasteiger charge is 2.21. The zero-order valence-electron chi connectivity index (χ0n) is 13.4. The van der Waals surface area contributed by atoms with Crippen molar-refractivity contribution in [2.24, 2.45) is 0 Å². The molecular weight excluding hydrogens is 373 g/mol. The van der Waals surface area contributed by atoms with Gasteiger partial charge in [-0.05, 0) is 48.9 Å². The number of aryl methyl sites for hydroxylation is 1. The normalized spacial score (nSPS) is 14.6. The summed E-state index contributed by atoms with van der Waals surface area (Å²) in [6, 6.07) is 12.0. The van der Waals surface area contributed by atoms with E-state index in [1.807, 2.05) is 0 Å². The van der Waals surface area contributed by atoms with E-state index in [0.717, 1.165) is 23.2 Å². The Kier molecular flexibility index (Phi) is 5.04. The minimum atomic E-state index is -0.314. The average Bonchev–Trinajstić information content (AvgIpc) is 2.59. The predicted molar refractivity (Wildman–Crippen MR) is 98.1 cm³/mol. The fourth-order valence-corrected chi connectivity index (χ4v) is 3.05. The maximum absolute atomic E-state index is 12.9. The number of nitrogens with one attached hydrogen (secondary N) is 1. The largest absolute Gasteiger partial charge is 0.368 e. The number of carbonyl (C=O) groups is 1. The van der Waals surface area contributed by atoms with Gasteiger partial charge < -0.3 is 15.1 Å². The van der Waals surface area contributed by atoms with Gasteiger partial charge in [0.15, 0.2) is 0 Å². The van der Waals surface area contributed by atoms with E-state index in [1.165, 1.54) is 17.7 Å². The molecule has 1 fully saturated rings. The average molecular weight is 392 g/mol. The number of carbonyl (C=O) groups excluding carboxylic acids is 1. The molecule has 6 heteroatoms. The summed E-state index contributed by atoms with van der Waals surface area (Å²) in [4.78, 5) is 16.3. The van der Waals surface area contributed by atoms with Crippen LogP contribution in [0.25, 0.3) is 0 Å². The molecule has 0 aliphatic carbocycles. The van der Waals surface area contributed by atoms with Crippen LogP contribution in [0.3, 0.4) is 0 Å². The Morgan fingerprint density at radius 1 is 1.08 bits per heavy atom. The number of urea groups is 1. The Labute approximate surface area is 149 Å². The molecule has 4 nitrogen and oxygen atoms in total. The summed E-state index contributed by atoms with van der Waals surface area (Å²) in [7, 11) is 0. The van der Waals surface area contributed by atoms with Gasteiger partial charge in [-0.3, -0.25) is 0 Å². The van der Waals surface area contributed by atoms with Crippen LogP contribution in [0.2, 0.25) is 0 Å². The fraction of sp³-hybridized carbons (Fsp3) is 0.278. The topological polar surface area (TPSA) is 35.6 Å². The summed E-state index contributed by atoms with van der Waals surface area (Å²) in [5.74, 6) is -0.314. The first kappa shape index (κ1) is 16.8. The molecule has 0 bridgehead atoms. The van der Waals surface area contributed by atoms with Crippen molar-refractivity contribution in [2.75, 3.05) is 36.4 Å². The SMILES string of the molecule is Cc1ccc(N2CCN(C(=O)Nc3ccc(F)cc3)CC2)cc1Br. The molecule has 0 radical (unpaired) electrons. The summed E-state index contributed by atoms with van der Waals surface area (Å²) in [6.45, 7) is 4.93. The number of halogens is 2. The Morgan fingerprint density at radius 2 is 1.75 bits per heavy atom. The highest BCUT2D eigenvalue weighted by atomic mass is 79.9. The lowest BCUT2D eigenvalue weighted by Crippen LogP contribution is -2.50. The van der Waals surface area contributed by atoms with E-state index in [9.17, 15) is 9.18 Å². The van der Waals surface area contributed by atoms with E-state index in [0.29, 0.717) is 18.8 Å². The van der Waals surface area contributed by atoms with E-state index < -0.39 is 0 Å². The molecule has 1 N–H and O–H groups in total. The second kappa shape index (κ2) is 7.21. The minimum absolute atomic E-state index is 0.147. The van der Waals surface area contributed by atoms with Crippen molar-refractivity contribution in [1.82, 2.24) is 4.90 Å². The lowest BCUT2D eigenvalue weighted by atomic mass is 10.2. The predicted octanol–water partition coefficient (Wildman–Crippen LogP) is 4.25. The second-order valence-electron chi connectivity index (χ2n) is 5.84. The summed E-state index contributed by atoms with van der Waals surface area (Å²) < 4.78 is 14.0. The second-order valence-corrected chi connectivity index (χ2v) is 6.70. The van der Waals surface area contributed by atoms with Gasteiger partial charge in [-0.15, -0.1) is 0 Å². The molecule has 2 aromatic rings. The van der Waals surface area contributed by atoms with Gasteiger partial charge in [-0.25, -0.2) is 9.18 Å². The summed E-state index contributed by atoms with van der Waals surface area (Å²) >= 11 is 3.56. The zero-order chi connectivity index (χ0) is 17.1. The first-order chi connectivity index (χ1) is 11.5. The lowest BCUT2D eigenvalue weighted by Gasteiger charge is -2.36. The third kappa shape index (κ3) is 3.87. The van der Waals surface area contributed by atoms with Gasteiger partial charge in [0.2, 0.25) is 0 Å². The molecular formula is C18H19BrFN3O. The molecule has 0 atom stereocenters. The molecule has 0 spiro atoms. The van der Waals surface area contributed by atoms with Crippen LogP contribution in [0, 0.1) is 12.7 Å². The Hall–Kier alpha value is -2.08. The van der Waals surface area contributed by atoms with Crippen LogP contribution in [0.4, 0.5) is 20.6 Å². The molecule has 0 saturated carbocycles. The monoisotopic (exact) mass is 391 g/mol. The van der Waals surface area contributed by atoms with Crippen molar-refractivity contribution in [3.05, 3.63) is 58.3 Å². The van der Waals surface area contributed by atoms with Gasteiger partial charge >= 0.3 is 6.03 Å². The van der Waals surface area contributed by atoms with Crippen molar-refractivity contribution < 1.29 is 9.18 Å². The number of piperazine rings is 1. The zero-order valence-corrected chi connectivity index (χ0v) is 15.0. The smallest absolute Gasteiger partial charge is 0.321 e. The van der Waals surface area contributed by atoms with E-state index >= 15 is 0 Å². The first-order valence-electron chi connectivity index (χ1n) is 7.85. The quantitative estimate of drug-likeness (QED) is 0.830. The van der Waals surface area contributed by atoms with Crippen LogP contribution in [0.15, 0.2) is 46.9 Å². The van der Waals surface area contributed by atoms with Gasteiger partial charge in [0.25, 0.3) is 0 Å². The van der Waals surface area contributed by atoms with Crippen LogP contribution >= 0.6 is 15.9 Å². The maximum atomic E-state index is 12.9. The minimum Gasteiger partial charge on any atom is -0.368 e. The van der Waals surface area contributed by atoms with E-state index in [4.69, 9.17) is 0 Å². The standard InChI is InChI=1S/C18H19BrFN3O/c1-13-2-7-16(12-17(13)19)22-8-10-23(11-9-22)18(24)21-15-5-3-14(20)4-6-15/h2-7,12H,8-11H2,1H3,(H,21,24). The molecule has 1 aliphatic rings. The van der Waals surface area contributed by atoms with E-state index in [1.54, 1.807) is 17.0 Å². The van der Waals surface area contributed by atoms with Crippen LogP contribution in [-0.4, -0.2) is 37.1 Å². The maximum Gasteiger partial charge on any atom is 0.321 e. The van der Waals surface area contributed by atoms with E-state index in [2.05, 4.69) is 51.3 Å². The molecule has 0 unspecified atom stereocenters. The van der Waals surface area contributed by atoms with Crippen molar-refractivity contribution in [2.45, 2.75) is 6.92 Å². The number of nitrogens with zero attached hydrogens (tertiary/aromatic N) is 2. The van der Waals surface area contributed by atoms with Crippen molar-refractivity contribution in [3.63, 3.8) is 0 Å². The highest BCUT2D eigenvalue weighted by Crippen LogP contribution is 2.24. The lowest BCUT2D eigenvalue weighted by molar-refractivity contribution is 0.208. The number of rotatable bonds is 2. The van der Waals surface area contributed by atoms with Crippen LogP contribution in [-0.2, 0) is 0 Å².